The molecule has 1 N–H and O–H groups in total. The van der Waals surface area contributed by atoms with E-state index in [1.54, 1.807) is 0 Å². The zero-order valence-corrected chi connectivity index (χ0v) is 17.2. The van der Waals surface area contributed by atoms with Gasteiger partial charge in [-0.15, -0.1) is 0 Å². The van der Waals surface area contributed by atoms with Crippen molar-refractivity contribution in [3.05, 3.63) is 34.9 Å². The van der Waals surface area contributed by atoms with Gasteiger partial charge in [0, 0.05) is 35.7 Å². The summed E-state index contributed by atoms with van der Waals surface area (Å²) in [4.78, 5) is 26.3. The standard InChI is InChI=1S/C20H27ClN2O3S/c1-2-27(26)22-13-19(15-3-4-15)23-18(14-5-8-17(21)9-6-14)10-7-16(11-12-24)20(23)25/h5-6,8-9,12,15-16,18-19,22H,2-4,7,10-11,13H2,1H3. The van der Waals surface area contributed by atoms with Crippen molar-refractivity contribution in [3.63, 3.8) is 0 Å². The summed E-state index contributed by atoms with van der Waals surface area (Å²) >= 11 is 6.04. The number of halogens is 1. The summed E-state index contributed by atoms with van der Waals surface area (Å²) in [5.41, 5.74) is 1.07. The maximum absolute atomic E-state index is 13.3. The molecule has 148 valence electrons. The number of hydrogen-bond donors (Lipinski definition) is 1. The number of amides is 1. The molecule has 27 heavy (non-hydrogen) atoms. The normalized spacial score (nSPS) is 25.3. The van der Waals surface area contributed by atoms with Gasteiger partial charge in [-0.2, -0.15) is 0 Å². The smallest absolute Gasteiger partial charge is 0.226 e. The topological polar surface area (TPSA) is 66.5 Å². The number of likely N-dealkylation sites (tertiary alicyclic amines) is 1. The molecule has 0 radical (unpaired) electrons. The highest BCUT2D eigenvalue weighted by molar-refractivity contribution is 7.82. The molecule has 1 saturated heterocycles. The van der Waals surface area contributed by atoms with E-state index in [2.05, 4.69) is 4.72 Å². The maximum atomic E-state index is 13.3. The summed E-state index contributed by atoms with van der Waals surface area (Å²) in [6.07, 6.45) is 4.83. The Labute approximate surface area is 168 Å². The van der Waals surface area contributed by atoms with Crippen molar-refractivity contribution in [2.45, 2.75) is 51.1 Å². The fraction of sp³-hybridized carbons (Fsp3) is 0.600. The second-order valence-corrected chi connectivity index (χ2v) is 9.37. The molecule has 1 saturated carbocycles. The highest BCUT2D eigenvalue weighted by atomic mass is 35.5. The molecular formula is C20H27ClN2O3S. The largest absolute Gasteiger partial charge is 0.331 e. The fourth-order valence-electron chi connectivity index (χ4n) is 3.98. The first-order valence-electron chi connectivity index (χ1n) is 9.68. The number of hydrogen-bond acceptors (Lipinski definition) is 3. The Morgan fingerprint density at radius 1 is 1.26 bits per heavy atom. The number of aldehydes is 1. The zero-order valence-electron chi connectivity index (χ0n) is 15.6. The van der Waals surface area contributed by atoms with E-state index in [9.17, 15) is 13.8 Å². The molecule has 5 nitrogen and oxygen atoms in total. The summed E-state index contributed by atoms with van der Waals surface area (Å²) in [5, 5.41) is 0.671. The van der Waals surface area contributed by atoms with Crippen LogP contribution in [0, 0.1) is 11.8 Å². The van der Waals surface area contributed by atoms with Crippen LogP contribution in [0.1, 0.15) is 50.6 Å². The van der Waals surface area contributed by atoms with Crippen LogP contribution >= 0.6 is 11.6 Å². The van der Waals surface area contributed by atoms with Crippen molar-refractivity contribution in [1.29, 1.82) is 0 Å². The lowest BCUT2D eigenvalue weighted by molar-refractivity contribution is -0.147. The summed E-state index contributed by atoms with van der Waals surface area (Å²) in [7, 11) is -1.08. The average Bonchev–Trinajstić information content (AvgIpc) is 3.50. The first-order chi connectivity index (χ1) is 13.0. The maximum Gasteiger partial charge on any atom is 0.226 e. The zero-order chi connectivity index (χ0) is 19.4. The molecule has 2 aliphatic rings. The number of rotatable bonds is 9. The molecule has 3 rings (SSSR count). The van der Waals surface area contributed by atoms with Crippen LogP contribution in [0.2, 0.25) is 5.02 Å². The third-order valence-electron chi connectivity index (χ3n) is 5.60. The highest BCUT2D eigenvalue weighted by Gasteiger charge is 2.45. The van der Waals surface area contributed by atoms with Gasteiger partial charge in [-0.1, -0.05) is 30.7 Å². The summed E-state index contributed by atoms with van der Waals surface area (Å²) in [6, 6.07) is 7.65. The Morgan fingerprint density at radius 2 is 1.96 bits per heavy atom. The lowest BCUT2D eigenvalue weighted by atomic mass is 9.85. The van der Waals surface area contributed by atoms with Gasteiger partial charge in [-0.3, -0.25) is 4.79 Å². The van der Waals surface area contributed by atoms with Crippen molar-refractivity contribution >= 4 is 34.8 Å². The molecule has 2 fully saturated rings. The first-order valence-corrected chi connectivity index (χ1v) is 11.4. The average molecular weight is 411 g/mol. The third kappa shape index (κ3) is 4.98. The lowest BCUT2D eigenvalue weighted by Gasteiger charge is -2.44. The molecule has 0 aromatic heterocycles. The summed E-state index contributed by atoms with van der Waals surface area (Å²) in [6.45, 7) is 2.40. The lowest BCUT2D eigenvalue weighted by Crippen LogP contribution is -2.53. The molecule has 0 spiro atoms. The van der Waals surface area contributed by atoms with Crippen LogP contribution in [0.25, 0.3) is 0 Å². The van der Waals surface area contributed by atoms with Crippen LogP contribution in [-0.2, 0) is 20.6 Å². The van der Waals surface area contributed by atoms with Gasteiger partial charge in [-0.05, 0) is 49.3 Å². The van der Waals surface area contributed by atoms with Crippen LogP contribution in [0.3, 0.4) is 0 Å². The van der Waals surface area contributed by atoms with E-state index in [-0.39, 0.29) is 30.3 Å². The van der Waals surface area contributed by atoms with Crippen molar-refractivity contribution < 1.29 is 13.8 Å². The van der Waals surface area contributed by atoms with E-state index in [1.165, 1.54) is 0 Å². The van der Waals surface area contributed by atoms with Gasteiger partial charge < -0.3 is 9.69 Å². The number of benzene rings is 1. The van der Waals surface area contributed by atoms with Crippen molar-refractivity contribution in [1.82, 2.24) is 9.62 Å². The molecular weight excluding hydrogens is 384 g/mol. The molecule has 1 heterocycles. The molecule has 7 heteroatoms. The van der Waals surface area contributed by atoms with Gasteiger partial charge in [0.15, 0.2) is 0 Å². The predicted molar refractivity (Wildman–Crippen MR) is 108 cm³/mol. The minimum atomic E-state index is -1.08. The van der Waals surface area contributed by atoms with Crippen LogP contribution in [0.15, 0.2) is 24.3 Å². The van der Waals surface area contributed by atoms with E-state index in [1.807, 2.05) is 36.1 Å². The van der Waals surface area contributed by atoms with Gasteiger partial charge in [0.25, 0.3) is 0 Å². The quantitative estimate of drug-likeness (QED) is 0.635. The van der Waals surface area contributed by atoms with Crippen molar-refractivity contribution in [3.8, 4) is 0 Å². The Hall–Kier alpha value is -1.24. The summed E-state index contributed by atoms with van der Waals surface area (Å²) < 4.78 is 15.0. The van der Waals surface area contributed by atoms with E-state index in [0.717, 1.165) is 31.1 Å². The van der Waals surface area contributed by atoms with Gasteiger partial charge in [-0.25, -0.2) is 8.93 Å². The number of nitrogens with one attached hydrogen (secondary N) is 1. The van der Waals surface area contributed by atoms with Crippen molar-refractivity contribution in [2.24, 2.45) is 11.8 Å². The van der Waals surface area contributed by atoms with E-state index in [0.29, 0.717) is 29.7 Å². The minimum Gasteiger partial charge on any atom is -0.331 e. The van der Waals surface area contributed by atoms with Crippen LogP contribution in [-0.4, -0.2) is 39.6 Å². The van der Waals surface area contributed by atoms with E-state index < -0.39 is 11.0 Å². The molecule has 1 aromatic carbocycles. The Kier molecular flexibility index (Phi) is 7.06. The Bertz CT molecular complexity index is 693. The van der Waals surface area contributed by atoms with Gasteiger partial charge in [0.05, 0.1) is 17.0 Å². The molecule has 1 amide bonds. The molecule has 4 atom stereocenters. The predicted octanol–water partition coefficient (Wildman–Crippen LogP) is 3.26. The van der Waals surface area contributed by atoms with E-state index in [4.69, 9.17) is 11.6 Å². The summed E-state index contributed by atoms with van der Waals surface area (Å²) in [5.74, 6) is 0.776. The molecule has 1 aliphatic heterocycles. The molecule has 4 unspecified atom stereocenters. The Balaban J connectivity index is 1.88. The molecule has 1 aliphatic carbocycles. The highest BCUT2D eigenvalue weighted by Crippen LogP contribution is 2.43. The number of nitrogens with zero attached hydrogens (tertiary/aromatic N) is 1. The first kappa shape index (κ1) is 20.5. The van der Waals surface area contributed by atoms with Gasteiger partial charge >= 0.3 is 0 Å². The number of carbonyl (C=O) groups is 2. The number of carbonyl (C=O) groups excluding carboxylic acids is 2. The second kappa shape index (κ2) is 9.30. The van der Waals surface area contributed by atoms with Crippen LogP contribution < -0.4 is 4.72 Å². The van der Waals surface area contributed by atoms with Crippen LogP contribution in [0.5, 0.6) is 0 Å². The third-order valence-corrected chi connectivity index (χ3v) is 6.87. The fourth-order valence-corrected chi connectivity index (χ4v) is 4.67. The molecule has 1 aromatic rings. The number of piperidine rings is 1. The van der Waals surface area contributed by atoms with E-state index >= 15 is 0 Å². The SMILES string of the molecule is CCS(=O)NCC(C1CC1)N1C(=O)C(CC=O)CCC1c1ccc(Cl)cc1. The van der Waals surface area contributed by atoms with Gasteiger partial charge in [0.2, 0.25) is 5.91 Å². The van der Waals surface area contributed by atoms with Crippen LogP contribution in [0.4, 0.5) is 0 Å². The Morgan fingerprint density at radius 3 is 2.56 bits per heavy atom. The monoisotopic (exact) mass is 410 g/mol. The van der Waals surface area contributed by atoms with Crippen molar-refractivity contribution in [2.75, 3.05) is 12.3 Å². The second-order valence-electron chi connectivity index (χ2n) is 7.38. The van der Waals surface area contributed by atoms with Gasteiger partial charge in [0.1, 0.15) is 6.29 Å². The minimum absolute atomic E-state index is 0.00290. The molecule has 0 bridgehead atoms.